The maximum atomic E-state index is 12.6. The molecule has 170 valence electrons. The van der Waals surface area contributed by atoms with Crippen molar-refractivity contribution >= 4 is 17.5 Å². The van der Waals surface area contributed by atoms with Crippen LogP contribution in [0, 0.1) is 11.3 Å². The van der Waals surface area contributed by atoms with Crippen molar-refractivity contribution < 1.29 is 19.4 Å². The summed E-state index contributed by atoms with van der Waals surface area (Å²) in [5.74, 6) is -1.14. The first-order valence-electron chi connectivity index (χ1n) is 10.6. The largest absolute Gasteiger partial charge is 0.508 e. The predicted octanol–water partition coefficient (Wildman–Crippen LogP) is 4.23. The molecule has 1 aliphatic heterocycles. The van der Waals surface area contributed by atoms with E-state index in [1.165, 1.54) is 12.1 Å². The van der Waals surface area contributed by atoms with E-state index in [1.54, 1.807) is 25.1 Å². The standard InChI is InChI=1S/C26H22N4O4/c1-2-33-26(32)24(30-29-18-11-7-4-8-12-18)28-25-21(16-27)23(17-9-5-3-6-10-17)20-14-13-19(31)15-22(20)34-25/h3-15,23,29,31H,2H2,1H3,(H,28,30). The third-order valence-electron chi connectivity index (χ3n) is 5.07. The number of aliphatic imine (C=N–C) groups is 1. The number of anilines is 1. The SMILES string of the molecule is CCOC(=O)/C(=N\C1=C(C#N)C(c2ccccc2)c2ccc(O)cc2O1)NNc1ccccc1. The number of rotatable bonds is 5. The molecular formula is C26H22N4O4. The Bertz CT molecular complexity index is 1280. The zero-order valence-corrected chi connectivity index (χ0v) is 18.4. The number of hydrogen-bond acceptors (Lipinski definition) is 7. The molecule has 3 aromatic rings. The van der Waals surface area contributed by atoms with Crippen LogP contribution in [0.5, 0.6) is 11.5 Å². The van der Waals surface area contributed by atoms with Crippen molar-refractivity contribution in [1.29, 1.82) is 5.26 Å². The minimum absolute atomic E-state index is 0.00350. The van der Waals surface area contributed by atoms with Crippen molar-refractivity contribution in [1.82, 2.24) is 5.43 Å². The van der Waals surface area contributed by atoms with Gasteiger partial charge in [0.15, 0.2) is 0 Å². The number of hydrazine groups is 1. The Morgan fingerprint density at radius 1 is 1.12 bits per heavy atom. The van der Waals surface area contributed by atoms with Gasteiger partial charge in [0.2, 0.25) is 11.7 Å². The highest BCUT2D eigenvalue weighted by atomic mass is 16.5. The lowest BCUT2D eigenvalue weighted by Gasteiger charge is -2.26. The molecule has 0 bridgehead atoms. The normalized spacial score (nSPS) is 14.9. The van der Waals surface area contributed by atoms with Gasteiger partial charge in [0.1, 0.15) is 23.1 Å². The number of carbonyl (C=O) groups excluding carboxylic acids is 1. The molecule has 0 aliphatic carbocycles. The number of esters is 1. The van der Waals surface area contributed by atoms with Crippen LogP contribution in [-0.2, 0) is 9.53 Å². The molecule has 1 heterocycles. The number of hydrogen-bond donors (Lipinski definition) is 3. The number of amidine groups is 1. The highest BCUT2D eigenvalue weighted by Gasteiger charge is 2.32. The highest BCUT2D eigenvalue weighted by Crippen LogP contribution is 2.44. The molecule has 0 fully saturated rings. The van der Waals surface area contributed by atoms with E-state index in [9.17, 15) is 15.2 Å². The van der Waals surface area contributed by atoms with Crippen molar-refractivity contribution in [3.63, 3.8) is 0 Å². The molecule has 3 aromatic carbocycles. The van der Waals surface area contributed by atoms with Crippen LogP contribution in [0.4, 0.5) is 5.69 Å². The van der Waals surface area contributed by atoms with Crippen molar-refractivity contribution in [3.8, 4) is 17.6 Å². The van der Waals surface area contributed by atoms with Gasteiger partial charge < -0.3 is 14.6 Å². The summed E-state index contributed by atoms with van der Waals surface area (Å²) in [6, 6.07) is 25.4. The van der Waals surface area contributed by atoms with Gasteiger partial charge in [-0.2, -0.15) is 10.3 Å². The van der Waals surface area contributed by atoms with E-state index in [1.807, 2.05) is 48.5 Å². The van der Waals surface area contributed by atoms with Crippen LogP contribution in [0.3, 0.4) is 0 Å². The number of phenols is 1. The van der Waals surface area contributed by atoms with Crippen LogP contribution in [0.2, 0.25) is 0 Å². The quantitative estimate of drug-likeness (QED) is 0.229. The Morgan fingerprint density at radius 3 is 2.50 bits per heavy atom. The average Bonchev–Trinajstić information content (AvgIpc) is 2.86. The monoisotopic (exact) mass is 454 g/mol. The summed E-state index contributed by atoms with van der Waals surface area (Å²) in [6.45, 7) is 1.82. The van der Waals surface area contributed by atoms with Crippen LogP contribution in [0.1, 0.15) is 24.0 Å². The fourth-order valence-electron chi connectivity index (χ4n) is 3.55. The zero-order valence-electron chi connectivity index (χ0n) is 18.4. The van der Waals surface area contributed by atoms with Crippen molar-refractivity contribution in [2.45, 2.75) is 12.8 Å². The van der Waals surface area contributed by atoms with Gasteiger partial charge in [-0.25, -0.2) is 4.79 Å². The summed E-state index contributed by atoms with van der Waals surface area (Å²) in [6.07, 6.45) is 0. The minimum Gasteiger partial charge on any atom is -0.508 e. The Morgan fingerprint density at radius 2 is 1.82 bits per heavy atom. The first-order valence-corrected chi connectivity index (χ1v) is 10.6. The average molecular weight is 454 g/mol. The second kappa shape index (κ2) is 10.2. The fourth-order valence-corrected chi connectivity index (χ4v) is 3.55. The number of nitrogens with zero attached hydrogens (tertiary/aromatic N) is 2. The molecule has 8 nitrogen and oxygen atoms in total. The molecule has 0 saturated heterocycles. The van der Waals surface area contributed by atoms with Gasteiger partial charge in [-0.3, -0.25) is 10.9 Å². The lowest BCUT2D eigenvalue weighted by Crippen LogP contribution is -2.37. The smallest absolute Gasteiger partial charge is 0.375 e. The fraction of sp³-hybridized carbons (Fsp3) is 0.115. The predicted molar refractivity (Wildman–Crippen MR) is 127 cm³/mol. The molecule has 8 heteroatoms. The molecular weight excluding hydrogens is 432 g/mol. The van der Waals surface area contributed by atoms with Crippen LogP contribution < -0.4 is 15.6 Å². The number of nitrogens with one attached hydrogen (secondary N) is 2. The second-order valence-electron chi connectivity index (χ2n) is 7.30. The highest BCUT2D eigenvalue weighted by molar-refractivity contribution is 6.35. The van der Waals surface area contributed by atoms with Gasteiger partial charge >= 0.3 is 5.97 Å². The van der Waals surface area contributed by atoms with E-state index in [-0.39, 0.29) is 29.6 Å². The van der Waals surface area contributed by atoms with Crippen molar-refractivity contribution in [2.75, 3.05) is 12.0 Å². The van der Waals surface area contributed by atoms with E-state index in [0.717, 1.165) is 5.56 Å². The van der Waals surface area contributed by atoms with Gasteiger partial charge in [0.25, 0.3) is 0 Å². The molecule has 3 N–H and O–H groups in total. The summed E-state index contributed by atoms with van der Waals surface area (Å²) in [5.41, 5.74) is 8.10. The number of ether oxygens (including phenoxy) is 2. The van der Waals surface area contributed by atoms with Crippen molar-refractivity contribution in [2.24, 2.45) is 4.99 Å². The summed E-state index contributed by atoms with van der Waals surface area (Å²) in [4.78, 5) is 17.0. The van der Waals surface area contributed by atoms with E-state index >= 15 is 0 Å². The Kier molecular flexibility index (Phi) is 6.75. The second-order valence-corrected chi connectivity index (χ2v) is 7.30. The number of fused-ring (bicyclic) bond motifs is 1. The summed E-state index contributed by atoms with van der Waals surface area (Å²) in [5, 5.41) is 20.1. The van der Waals surface area contributed by atoms with Gasteiger partial charge in [-0.15, -0.1) is 0 Å². The van der Waals surface area contributed by atoms with E-state index in [0.29, 0.717) is 17.0 Å². The Balaban J connectivity index is 1.80. The number of aromatic hydroxyl groups is 1. The molecule has 0 saturated carbocycles. The molecule has 0 radical (unpaired) electrons. The van der Waals surface area contributed by atoms with Gasteiger partial charge in [-0.05, 0) is 30.7 Å². The number of allylic oxidation sites excluding steroid dienone is 1. The maximum Gasteiger partial charge on any atom is 0.375 e. The molecule has 4 rings (SSSR count). The summed E-state index contributed by atoms with van der Waals surface area (Å²) >= 11 is 0. The Labute approximate surface area is 196 Å². The van der Waals surface area contributed by atoms with E-state index < -0.39 is 11.9 Å². The molecule has 1 unspecified atom stereocenters. The summed E-state index contributed by atoms with van der Waals surface area (Å²) in [7, 11) is 0. The first-order chi connectivity index (χ1) is 16.6. The van der Waals surface area contributed by atoms with E-state index in [4.69, 9.17) is 9.47 Å². The number of para-hydroxylation sites is 1. The number of phenolic OH excluding ortho intramolecular Hbond substituents is 1. The molecule has 34 heavy (non-hydrogen) atoms. The number of benzene rings is 3. The first kappa shape index (κ1) is 22.4. The van der Waals surface area contributed by atoms with Gasteiger partial charge in [-0.1, -0.05) is 54.6 Å². The van der Waals surface area contributed by atoms with Gasteiger partial charge in [0, 0.05) is 11.6 Å². The third-order valence-corrected chi connectivity index (χ3v) is 5.07. The Hall–Kier alpha value is -4.77. The molecule has 0 amide bonds. The third kappa shape index (κ3) is 4.84. The lowest BCUT2D eigenvalue weighted by atomic mass is 9.83. The van der Waals surface area contributed by atoms with Crippen LogP contribution >= 0.6 is 0 Å². The minimum atomic E-state index is -0.725. The topological polar surface area (TPSA) is 116 Å². The van der Waals surface area contributed by atoms with E-state index in [2.05, 4.69) is 21.9 Å². The zero-order chi connectivity index (χ0) is 23.9. The summed E-state index contributed by atoms with van der Waals surface area (Å²) < 4.78 is 11.0. The van der Waals surface area contributed by atoms with Crippen LogP contribution in [-0.4, -0.2) is 23.5 Å². The number of carbonyl (C=O) groups is 1. The maximum absolute atomic E-state index is 12.6. The van der Waals surface area contributed by atoms with Crippen LogP contribution in [0.15, 0.2) is 95.3 Å². The number of nitriles is 1. The molecule has 0 spiro atoms. The molecule has 0 aromatic heterocycles. The van der Waals surface area contributed by atoms with Crippen molar-refractivity contribution in [3.05, 3.63) is 101 Å². The lowest BCUT2D eigenvalue weighted by molar-refractivity contribution is -0.135. The van der Waals surface area contributed by atoms with Gasteiger partial charge in [0.05, 0.1) is 18.2 Å². The molecule has 1 atom stereocenters. The molecule has 1 aliphatic rings. The van der Waals surface area contributed by atoms with Crippen LogP contribution in [0.25, 0.3) is 0 Å².